The van der Waals surface area contributed by atoms with Crippen molar-refractivity contribution in [3.8, 4) is 6.07 Å². The smallest absolute Gasteiger partial charge is 0.269 e. The molecule has 5 nitrogen and oxygen atoms in total. The molecule has 4 aromatic rings. The fraction of sp³-hybridized carbons (Fsp3) is 0.0690. The Morgan fingerprint density at radius 2 is 1.70 bits per heavy atom. The van der Waals surface area contributed by atoms with E-state index in [1.54, 1.807) is 48.5 Å². The monoisotopic (exact) mass is 543 g/mol. The number of thioether (sulfide) groups is 1. The molecule has 4 aromatic carbocycles. The van der Waals surface area contributed by atoms with Crippen LogP contribution in [0.25, 0.3) is 10.8 Å². The van der Waals surface area contributed by atoms with Crippen LogP contribution < -0.4 is 10.2 Å². The molecule has 8 heteroatoms. The maximum absolute atomic E-state index is 13.6. The lowest BCUT2D eigenvalue weighted by molar-refractivity contribution is -0.117. The summed E-state index contributed by atoms with van der Waals surface area (Å²) in [4.78, 5) is 28.5. The van der Waals surface area contributed by atoms with Crippen molar-refractivity contribution in [2.24, 2.45) is 0 Å². The molecular weight excluding hydrogens is 525 g/mol. The standard InChI is InChI=1S/C29H19Cl2N3O2S/c30-20-14-13-19(24(31)16-20)15-26-28(36)34(21-9-2-1-3-10-21)29(37-26)23(17-32)27(35)33-25-12-6-8-18-7-4-5-11-22(18)25/h1-14,16,26H,15H2,(H,33,35)/b29-23-/t26-/m1/s1. The molecule has 37 heavy (non-hydrogen) atoms. The van der Waals surface area contributed by atoms with E-state index >= 15 is 0 Å². The van der Waals surface area contributed by atoms with E-state index in [0.717, 1.165) is 16.3 Å². The first-order chi connectivity index (χ1) is 18.0. The summed E-state index contributed by atoms with van der Waals surface area (Å²) in [5.41, 5.74) is 1.77. The van der Waals surface area contributed by atoms with Crippen LogP contribution in [0.5, 0.6) is 0 Å². The zero-order valence-electron chi connectivity index (χ0n) is 19.3. The predicted octanol–water partition coefficient (Wildman–Crippen LogP) is 7.21. The molecule has 1 atom stereocenters. The molecule has 182 valence electrons. The summed E-state index contributed by atoms with van der Waals surface area (Å²) in [6.45, 7) is 0. The van der Waals surface area contributed by atoms with Gasteiger partial charge in [0.05, 0.1) is 5.25 Å². The maximum atomic E-state index is 13.6. The Bertz CT molecular complexity index is 1590. The maximum Gasteiger partial charge on any atom is 0.269 e. The SMILES string of the molecule is N#C/C(C(=O)Nc1cccc2ccccc12)=C1/S[C@H](Cc2ccc(Cl)cc2Cl)C(=O)N1c1ccccc1. The molecule has 5 rings (SSSR count). The number of benzene rings is 4. The van der Waals surface area contributed by atoms with E-state index in [1.165, 1.54) is 16.7 Å². The minimum Gasteiger partial charge on any atom is -0.321 e. The molecule has 2 amide bonds. The van der Waals surface area contributed by atoms with Gasteiger partial charge in [0.1, 0.15) is 16.7 Å². The highest BCUT2D eigenvalue weighted by Gasteiger charge is 2.41. The van der Waals surface area contributed by atoms with Crippen molar-refractivity contribution in [3.63, 3.8) is 0 Å². The number of hydrogen-bond donors (Lipinski definition) is 1. The lowest BCUT2D eigenvalue weighted by atomic mass is 10.1. The van der Waals surface area contributed by atoms with Crippen LogP contribution >= 0.6 is 35.0 Å². The first kappa shape index (κ1) is 24.9. The van der Waals surface area contributed by atoms with Gasteiger partial charge < -0.3 is 5.32 Å². The van der Waals surface area contributed by atoms with Gasteiger partial charge in [-0.1, -0.05) is 95.6 Å². The van der Waals surface area contributed by atoms with Gasteiger partial charge in [-0.3, -0.25) is 14.5 Å². The largest absolute Gasteiger partial charge is 0.321 e. The Balaban J connectivity index is 1.54. The minimum atomic E-state index is -0.583. The van der Waals surface area contributed by atoms with Crippen LogP contribution in [0.3, 0.4) is 0 Å². The van der Waals surface area contributed by atoms with E-state index < -0.39 is 11.2 Å². The third-order valence-electron chi connectivity index (χ3n) is 5.98. The number of para-hydroxylation sites is 1. The number of nitrogens with zero attached hydrogens (tertiary/aromatic N) is 2. The van der Waals surface area contributed by atoms with Crippen LogP contribution in [0, 0.1) is 11.3 Å². The second-order valence-corrected chi connectivity index (χ2v) is 10.4. The quantitative estimate of drug-likeness (QED) is 0.213. The van der Waals surface area contributed by atoms with Gasteiger partial charge in [0.2, 0.25) is 5.91 Å². The van der Waals surface area contributed by atoms with Gasteiger partial charge in [-0.2, -0.15) is 5.26 Å². The summed E-state index contributed by atoms with van der Waals surface area (Å²) in [5.74, 6) is -0.816. The van der Waals surface area contributed by atoms with E-state index in [2.05, 4.69) is 5.32 Å². The number of nitrogens with one attached hydrogen (secondary N) is 1. The lowest BCUT2D eigenvalue weighted by Gasteiger charge is -2.18. The van der Waals surface area contributed by atoms with Crippen LogP contribution in [0.15, 0.2) is 102 Å². The summed E-state index contributed by atoms with van der Waals surface area (Å²) in [6, 6.07) is 29.4. The molecule has 1 N–H and O–H groups in total. The van der Waals surface area contributed by atoms with Crippen molar-refractivity contribution in [2.75, 3.05) is 10.2 Å². The minimum absolute atomic E-state index is 0.139. The molecule has 1 aliphatic heterocycles. The van der Waals surface area contributed by atoms with Crippen LogP contribution in [0.4, 0.5) is 11.4 Å². The summed E-state index contributed by atoms with van der Waals surface area (Å²) in [7, 11) is 0. The Hall–Kier alpha value is -3.76. The lowest BCUT2D eigenvalue weighted by Crippen LogP contribution is -2.31. The van der Waals surface area contributed by atoms with Crippen molar-refractivity contribution < 1.29 is 9.59 Å². The highest BCUT2D eigenvalue weighted by Crippen LogP contribution is 2.42. The molecule has 1 fully saturated rings. The number of fused-ring (bicyclic) bond motifs is 1. The fourth-order valence-corrected chi connectivity index (χ4v) is 5.99. The molecule has 0 radical (unpaired) electrons. The van der Waals surface area contributed by atoms with E-state index in [9.17, 15) is 14.9 Å². The highest BCUT2D eigenvalue weighted by atomic mass is 35.5. The van der Waals surface area contributed by atoms with Crippen molar-refractivity contribution in [2.45, 2.75) is 11.7 Å². The average molecular weight is 544 g/mol. The number of carbonyl (C=O) groups is 2. The number of hydrogen-bond acceptors (Lipinski definition) is 4. The van der Waals surface area contributed by atoms with E-state index in [1.807, 2.05) is 48.5 Å². The van der Waals surface area contributed by atoms with Gasteiger partial charge in [-0.15, -0.1) is 0 Å². The Kier molecular flexibility index (Phi) is 7.20. The van der Waals surface area contributed by atoms with E-state index in [-0.39, 0.29) is 16.5 Å². The Morgan fingerprint density at radius 1 is 0.973 bits per heavy atom. The van der Waals surface area contributed by atoms with Gasteiger partial charge in [0.15, 0.2) is 0 Å². The van der Waals surface area contributed by atoms with Crippen molar-refractivity contribution >= 4 is 68.9 Å². The second-order valence-electron chi connectivity index (χ2n) is 8.33. The molecule has 0 aromatic heterocycles. The average Bonchev–Trinajstić information content (AvgIpc) is 3.22. The number of carbonyl (C=O) groups excluding carboxylic acids is 2. The van der Waals surface area contributed by atoms with Gasteiger partial charge in [-0.25, -0.2) is 0 Å². The number of nitriles is 1. The zero-order valence-corrected chi connectivity index (χ0v) is 21.6. The first-order valence-electron chi connectivity index (χ1n) is 11.4. The molecule has 0 unspecified atom stereocenters. The summed E-state index contributed by atoms with van der Waals surface area (Å²) < 4.78 is 0. The predicted molar refractivity (Wildman–Crippen MR) is 151 cm³/mol. The Morgan fingerprint density at radius 3 is 2.46 bits per heavy atom. The van der Waals surface area contributed by atoms with Gasteiger partial charge in [-0.05, 0) is 47.7 Å². The van der Waals surface area contributed by atoms with Crippen LogP contribution in [0.1, 0.15) is 5.56 Å². The van der Waals surface area contributed by atoms with Crippen molar-refractivity contribution in [3.05, 3.63) is 117 Å². The number of halogens is 2. The molecule has 1 aliphatic rings. The third-order valence-corrected chi connectivity index (χ3v) is 7.83. The van der Waals surface area contributed by atoms with E-state index in [4.69, 9.17) is 23.2 Å². The van der Waals surface area contributed by atoms with Crippen LogP contribution in [-0.2, 0) is 16.0 Å². The third kappa shape index (κ3) is 5.07. The number of amides is 2. The highest BCUT2D eigenvalue weighted by molar-refractivity contribution is 8.05. The normalized spacial score (nSPS) is 16.5. The number of anilines is 2. The van der Waals surface area contributed by atoms with E-state index in [0.29, 0.717) is 27.8 Å². The molecule has 0 spiro atoms. The summed E-state index contributed by atoms with van der Waals surface area (Å²) in [5, 5.41) is 15.4. The molecule has 0 bridgehead atoms. The Labute approximate surface area is 228 Å². The van der Waals surface area contributed by atoms with Crippen molar-refractivity contribution in [1.29, 1.82) is 5.26 Å². The first-order valence-corrected chi connectivity index (χ1v) is 13.0. The van der Waals surface area contributed by atoms with Gasteiger partial charge in [0.25, 0.3) is 5.91 Å². The molecule has 1 heterocycles. The molecule has 0 saturated carbocycles. The van der Waals surface area contributed by atoms with Gasteiger partial charge >= 0.3 is 0 Å². The fourth-order valence-electron chi connectivity index (χ4n) is 4.21. The van der Waals surface area contributed by atoms with Crippen LogP contribution in [0.2, 0.25) is 10.0 Å². The summed E-state index contributed by atoms with van der Waals surface area (Å²) >= 11 is 13.6. The topological polar surface area (TPSA) is 73.2 Å². The number of rotatable bonds is 5. The molecular formula is C29H19Cl2N3O2S. The molecule has 1 saturated heterocycles. The second kappa shape index (κ2) is 10.7. The van der Waals surface area contributed by atoms with Crippen LogP contribution in [-0.4, -0.2) is 17.1 Å². The molecule has 0 aliphatic carbocycles. The zero-order chi connectivity index (χ0) is 25.9. The van der Waals surface area contributed by atoms with Crippen molar-refractivity contribution in [1.82, 2.24) is 0 Å². The van der Waals surface area contributed by atoms with Gasteiger partial charge in [0, 0.05) is 26.8 Å². The summed E-state index contributed by atoms with van der Waals surface area (Å²) in [6.07, 6.45) is 0.315.